The Kier molecular flexibility index (Phi) is 5.91. The number of aromatic hydroxyl groups is 1. The molecule has 12 heteroatoms. The summed E-state index contributed by atoms with van der Waals surface area (Å²) in [6, 6.07) is 11.7. The fourth-order valence-electron chi connectivity index (χ4n) is 3.56. The minimum atomic E-state index is -3.97. The Balaban J connectivity index is 1.34. The van der Waals surface area contributed by atoms with Crippen molar-refractivity contribution in [3.63, 3.8) is 0 Å². The van der Waals surface area contributed by atoms with Gasteiger partial charge in [-0.15, -0.1) is 11.3 Å². The van der Waals surface area contributed by atoms with Crippen LogP contribution in [0.15, 0.2) is 69.1 Å². The van der Waals surface area contributed by atoms with Gasteiger partial charge in [-0.25, -0.2) is 27.5 Å². The van der Waals surface area contributed by atoms with Crippen LogP contribution in [0.4, 0.5) is 16.2 Å². The van der Waals surface area contributed by atoms with Crippen LogP contribution in [-0.4, -0.2) is 35.7 Å². The molecule has 4 N–H and O–H groups in total. The zero-order chi connectivity index (χ0) is 24.6. The molecule has 10 nitrogen and oxygen atoms in total. The summed E-state index contributed by atoms with van der Waals surface area (Å²) in [5.41, 5.74) is 0.614. The number of nitrogens with one attached hydrogen (secondary N) is 3. The molecule has 0 bridgehead atoms. The molecule has 3 heterocycles. The van der Waals surface area contributed by atoms with E-state index in [0.717, 1.165) is 28.1 Å². The van der Waals surface area contributed by atoms with Crippen molar-refractivity contribution in [3.8, 4) is 11.7 Å². The molecule has 0 spiro atoms. The third-order valence-electron chi connectivity index (χ3n) is 5.52. The van der Waals surface area contributed by atoms with Crippen LogP contribution in [0.3, 0.4) is 0 Å². The van der Waals surface area contributed by atoms with Crippen molar-refractivity contribution in [1.82, 2.24) is 14.3 Å². The van der Waals surface area contributed by atoms with Crippen molar-refractivity contribution in [2.24, 2.45) is 5.92 Å². The zero-order valence-electron chi connectivity index (χ0n) is 18.3. The lowest BCUT2D eigenvalue weighted by molar-refractivity contribution is 0.256. The summed E-state index contributed by atoms with van der Waals surface area (Å²) in [7, 11) is -3.97. The summed E-state index contributed by atoms with van der Waals surface area (Å²) >= 11 is 0.985. The second-order valence-electron chi connectivity index (χ2n) is 8.16. The fourth-order valence-corrected chi connectivity index (χ4v) is 5.46. The van der Waals surface area contributed by atoms with E-state index in [1.165, 1.54) is 43.3 Å². The van der Waals surface area contributed by atoms with Gasteiger partial charge in [-0.2, -0.15) is 0 Å². The predicted molar refractivity (Wildman–Crippen MR) is 134 cm³/mol. The largest absolute Gasteiger partial charge is 0.494 e. The van der Waals surface area contributed by atoms with E-state index >= 15 is 0 Å². The van der Waals surface area contributed by atoms with E-state index < -0.39 is 21.6 Å². The zero-order valence-corrected chi connectivity index (χ0v) is 19.9. The first kappa shape index (κ1) is 22.9. The second-order valence-corrected chi connectivity index (χ2v) is 11.0. The molecule has 1 aliphatic rings. The molecule has 2 amide bonds. The molecule has 180 valence electrons. The third-order valence-corrected chi connectivity index (χ3v) is 8.25. The number of carbonyl (C=O) groups is 1. The van der Waals surface area contributed by atoms with Gasteiger partial charge in [-0.1, -0.05) is 6.07 Å². The molecule has 0 saturated heterocycles. The third kappa shape index (κ3) is 4.98. The summed E-state index contributed by atoms with van der Waals surface area (Å²) in [5.74, 6) is 0.587. The number of rotatable bonds is 7. The number of thiophene rings is 1. The summed E-state index contributed by atoms with van der Waals surface area (Å²) in [5, 5.41) is 19.2. The molecule has 0 unspecified atom stereocenters. The van der Waals surface area contributed by atoms with Crippen molar-refractivity contribution < 1.29 is 18.3 Å². The van der Waals surface area contributed by atoms with Gasteiger partial charge in [0, 0.05) is 23.7 Å². The Hall–Kier alpha value is -3.90. The van der Waals surface area contributed by atoms with Crippen molar-refractivity contribution in [2.75, 3.05) is 17.2 Å². The topological polar surface area (TPSA) is 142 Å². The lowest BCUT2D eigenvalue weighted by atomic mass is 10.1. The maximum Gasteiger partial charge on any atom is 0.333 e. The van der Waals surface area contributed by atoms with Crippen LogP contribution in [0.25, 0.3) is 16.6 Å². The Morgan fingerprint density at radius 3 is 2.63 bits per heavy atom. The average molecular weight is 512 g/mol. The lowest BCUT2D eigenvalue weighted by Gasteiger charge is -2.12. The van der Waals surface area contributed by atoms with Crippen LogP contribution in [0.1, 0.15) is 12.8 Å². The van der Waals surface area contributed by atoms with Crippen LogP contribution < -0.4 is 20.9 Å². The average Bonchev–Trinajstić information content (AvgIpc) is 3.47. The number of fused-ring (bicyclic) bond motifs is 1. The number of nitrogens with zero attached hydrogens (tertiary/aromatic N) is 2. The summed E-state index contributed by atoms with van der Waals surface area (Å²) < 4.78 is 27.3. The molecule has 3 aromatic heterocycles. The van der Waals surface area contributed by atoms with Crippen LogP contribution in [-0.2, 0) is 10.0 Å². The maximum atomic E-state index is 12.8. The first-order valence-corrected chi connectivity index (χ1v) is 13.1. The summed E-state index contributed by atoms with van der Waals surface area (Å²) in [6.07, 6.45) is 3.71. The van der Waals surface area contributed by atoms with E-state index in [2.05, 4.69) is 15.6 Å². The van der Waals surface area contributed by atoms with E-state index in [0.29, 0.717) is 16.7 Å². The number of hydrogen-bond donors (Lipinski definition) is 4. The van der Waals surface area contributed by atoms with Crippen molar-refractivity contribution in [1.29, 1.82) is 0 Å². The molecule has 1 aromatic carbocycles. The number of hydrogen-bond acceptors (Lipinski definition) is 8. The molecular weight excluding hydrogens is 490 g/mol. The number of benzene rings is 1. The highest BCUT2D eigenvalue weighted by molar-refractivity contribution is 7.92. The van der Waals surface area contributed by atoms with Crippen LogP contribution in [0.2, 0.25) is 0 Å². The fraction of sp³-hybridized carbons (Fsp3) is 0.174. The van der Waals surface area contributed by atoms with Gasteiger partial charge < -0.3 is 15.7 Å². The van der Waals surface area contributed by atoms with Crippen molar-refractivity contribution in [2.45, 2.75) is 17.1 Å². The SMILES string of the molecule is O=C(Nc1ccc(-n2c(O)c3ccc(NCC4CC4)cc3cc2=O)nc1)NS(=O)(=O)c1cccs1. The Morgan fingerprint density at radius 1 is 1.14 bits per heavy atom. The standard InChI is InChI=1S/C23H21N5O5S2/c29-20-11-15-10-16(24-12-14-3-4-14)5-7-18(15)22(30)28(20)19-8-6-17(13-25-19)26-23(31)27-35(32,33)21-2-1-9-34-21/h1-2,5-11,13-14,24,30H,3-4,12H2,(H2,26,27,31). The van der Waals surface area contributed by atoms with Gasteiger partial charge in [0.15, 0.2) is 0 Å². The van der Waals surface area contributed by atoms with Gasteiger partial charge in [-0.3, -0.25) is 4.79 Å². The number of pyridine rings is 2. The molecule has 1 fully saturated rings. The van der Waals surface area contributed by atoms with Crippen LogP contribution in [0, 0.1) is 5.92 Å². The molecule has 4 aromatic rings. The van der Waals surface area contributed by atoms with Gasteiger partial charge in [0.2, 0.25) is 5.88 Å². The van der Waals surface area contributed by atoms with Crippen molar-refractivity contribution >= 4 is 49.5 Å². The molecule has 0 aliphatic heterocycles. The maximum absolute atomic E-state index is 12.8. The summed E-state index contributed by atoms with van der Waals surface area (Å²) in [4.78, 5) is 29.0. The van der Waals surface area contributed by atoms with Gasteiger partial charge in [0.05, 0.1) is 11.9 Å². The minimum absolute atomic E-state index is 0.0121. The normalized spacial score (nSPS) is 13.5. The molecule has 1 aliphatic carbocycles. The van der Waals surface area contributed by atoms with E-state index in [1.54, 1.807) is 17.5 Å². The van der Waals surface area contributed by atoms with Gasteiger partial charge >= 0.3 is 6.03 Å². The molecule has 1 saturated carbocycles. The van der Waals surface area contributed by atoms with Crippen LogP contribution >= 0.6 is 11.3 Å². The van der Waals surface area contributed by atoms with E-state index in [1.807, 2.05) is 16.9 Å². The molecule has 0 radical (unpaired) electrons. The minimum Gasteiger partial charge on any atom is -0.494 e. The van der Waals surface area contributed by atoms with Gasteiger partial charge in [-0.05, 0) is 65.9 Å². The number of urea groups is 1. The Labute approximate surface area is 204 Å². The van der Waals surface area contributed by atoms with Crippen molar-refractivity contribution in [3.05, 3.63) is 70.5 Å². The first-order chi connectivity index (χ1) is 16.8. The molecule has 0 atom stereocenters. The number of anilines is 2. The Bertz CT molecular complexity index is 1560. The van der Waals surface area contributed by atoms with E-state index in [-0.39, 0.29) is 21.6 Å². The first-order valence-electron chi connectivity index (χ1n) is 10.8. The molecular formula is C23H21N5O5S2. The number of aromatic nitrogens is 2. The number of amides is 2. The smallest absolute Gasteiger partial charge is 0.333 e. The van der Waals surface area contributed by atoms with Gasteiger partial charge in [0.1, 0.15) is 10.0 Å². The van der Waals surface area contributed by atoms with E-state index in [9.17, 15) is 23.1 Å². The van der Waals surface area contributed by atoms with E-state index in [4.69, 9.17) is 0 Å². The highest BCUT2D eigenvalue weighted by atomic mass is 32.2. The number of sulfonamides is 1. The highest BCUT2D eigenvalue weighted by Gasteiger charge is 2.21. The number of carbonyl (C=O) groups excluding carboxylic acids is 1. The molecule has 35 heavy (non-hydrogen) atoms. The summed E-state index contributed by atoms with van der Waals surface area (Å²) in [6.45, 7) is 0.886. The lowest BCUT2D eigenvalue weighted by Crippen LogP contribution is -2.34. The second kappa shape index (κ2) is 9.04. The quantitative estimate of drug-likeness (QED) is 0.297. The monoisotopic (exact) mass is 511 g/mol. The Morgan fingerprint density at radius 2 is 1.94 bits per heavy atom. The molecule has 5 rings (SSSR count). The van der Waals surface area contributed by atoms with Crippen LogP contribution in [0.5, 0.6) is 5.88 Å². The van der Waals surface area contributed by atoms with Gasteiger partial charge in [0.25, 0.3) is 15.6 Å². The highest BCUT2D eigenvalue weighted by Crippen LogP contribution is 2.31. The predicted octanol–water partition coefficient (Wildman–Crippen LogP) is 3.49.